The molecule has 1 atom stereocenters. The maximum absolute atomic E-state index is 11.1. The Bertz CT molecular complexity index is 229. The molecule has 0 rings (SSSR count). The second-order valence-corrected chi connectivity index (χ2v) is 2.22. The smallest absolute Gasteiger partial charge is 0.357 e. The first kappa shape index (κ1) is 10.7. The van der Waals surface area contributed by atoms with E-state index in [2.05, 4.69) is 9.47 Å². The number of esters is 1. The first-order valence-electron chi connectivity index (χ1n) is 3.39. The second kappa shape index (κ2) is 4.52. The minimum absolute atomic E-state index is 0.717. The van der Waals surface area contributed by atoms with E-state index in [0.29, 0.717) is 0 Å². The number of rotatable bonds is 3. The van der Waals surface area contributed by atoms with Crippen LogP contribution in [0.4, 0.5) is 0 Å². The van der Waals surface area contributed by atoms with Crippen molar-refractivity contribution in [3.8, 4) is 6.07 Å². The molecule has 1 unspecified atom stereocenters. The molecule has 0 aliphatic rings. The third-order valence-electron chi connectivity index (χ3n) is 1.32. The van der Waals surface area contributed by atoms with E-state index in [9.17, 15) is 4.79 Å². The Morgan fingerprint density at radius 2 is 2.25 bits per heavy atom. The lowest BCUT2D eigenvalue weighted by molar-refractivity contribution is -0.154. The van der Waals surface area contributed by atoms with Gasteiger partial charge in [0.05, 0.1) is 6.26 Å². The highest BCUT2D eigenvalue weighted by atomic mass is 16.6. The minimum atomic E-state index is -1.51. The van der Waals surface area contributed by atoms with Crippen LogP contribution < -0.4 is 0 Å². The third-order valence-corrected chi connectivity index (χ3v) is 1.32. The molecule has 0 saturated carbocycles. The highest BCUT2D eigenvalue weighted by molar-refractivity contribution is 5.82. The van der Waals surface area contributed by atoms with Gasteiger partial charge in [0, 0.05) is 7.11 Å². The lowest BCUT2D eigenvalue weighted by Crippen LogP contribution is -2.36. The Balaban J connectivity index is 4.35. The summed E-state index contributed by atoms with van der Waals surface area (Å²) in [5.41, 5.74) is -1.51. The molecule has 0 heterocycles. The molecule has 0 radical (unpaired) electrons. The monoisotopic (exact) mass is 169 g/mol. The third kappa shape index (κ3) is 2.36. The zero-order valence-electron chi connectivity index (χ0n) is 7.33. The van der Waals surface area contributed by atoms with E-state index in [4.69, 9.17) is 5.26 Å². The van der Waals surface area contributed by atoms with E-state index in [1.807, 2.05) is 0 Å². The molecule has 0 bridgehead atoms. The molecule has 0 fully saturated rings. The van der Waals surface area contributed by atoms with Gasteiger partial charge in [-0.1, -0.05) is 6.08 Å². The summed E-state index contributed by atoms with van der Waals surface area (Å²) in [4.78, 5) is 11.1. The Labute approximate surface area is 71.4 Å². The molecule has 0 aromatic heterocycles. The Hall–Kier alpha value is -1.34. The van der Waals surface area contributed by atoms with Gasteiger partial charge in [-0.25, -0.2) is 4.79 Å². The summed E-state index contributed by atoms with van der Waals surface area (Å²) < 4.78 is 9.25. The SMILES string of the molecule is CC=COC(=O)C(C)(C#N)OC. The molecule has 0 aromatic carbocycles. The van der Waals surface area contributed by atoms with Crippen molar-refractivity contribution in [2.24, 2.45) is 0 Å². The van der Waals surface area contributed by atoms with Crippen LogP contribution in [0.2, 0.25) is 0 Å². The van der Waals surface area contributed by atoms with Crippen LogP contribution in [0, 0.1) is 11.3 Å². The summed E-state index contributed by atoms with van der Waals surface area (Å²) in [6.07, 6.45) is 2.75. The average molecular weight is 169 g/mol. The molecular formula is C8H11NO3. The van der Waals surface area contributed by atoms with Crippen LogP contribution >= 0.6 is 0 Å². The molecule has 4 nitrogen and oxygen atoms in total. The predicted octanol–water partition coefficient (Wildman–Crippen LogP) is 0.992. The van der Waals surface area contributed by atoms with Crippen LogP contribution in [0.3, 0.4) is 0 Å². The van der Waals surface area contributed by atoms with Gasteiger partial charge in [-0.15, -0.1) is 0 Å². The summed E-state index contributed by atoms with van der Waals surface area (Å²) in [7, 11) is 1.28. The quantitative estimate of drug-likeness (QED) is 0.467. The second-order valence-electron chi connectivity index (χ2n) is 2.22. The average Bonchev–Trinajstić information content (AvgIpc) is 2.12. The number of methoxy groups -OCH3 is 1. The summed E-state index contributed by atoms with van der Waals surface area (Å²) >= 11 is 0. The van der Waals surface area contributed by atoms with Gasteiger partial charge < -0.3 is 9.47 Å². The first-order valence-corrected chi connectivity index (χ1v) is 3.39. The summed E-state index contributed by atoms with van der Waals surface area (Å²) in [5.74, 6) is -0.717. The highest BCUT2D eigenvalue weighted by Gasteiger charge is 2.34. The normalized spacial score (nSPS) is 15.2. The zero-order chi connectivity index (χ0) is 9.61. The van der Waals surface area contributed by atoms with E-state index in [1.165, 1.54) is 20.3 Å². The first-order chi connectivity index (χ1) is 5.60. The maximum Gasteiger partial charge on any atom is 0.357 e. The highest BCUT2D eigenvalue weighted by Crippen LogP contribution is 2.09. The standard InChI is InChI=1S/C8H11NO3/c1-4-5-12-7(10)8(2,6-9)11-3/h4-5H,1-3H3. The lowest BCUT2D eigenvalue weighted by atomic mass is 10.1. The van der Waals surface area contributed by atoms with Crippen LogP contribution in [0.15, 0.2) is 12.3 Å². The van der Waals surface area contributed by atoms with Gasteiger partial charge in [0.15, 0.2) is 0 Å². The fourth-order valence-corrected chi connectivity index (χ4v) is 0.417. The van der Waals surface area contributed by atoms with Crippen molar-refractivity contribution in [3.63, 3.8) is 0 Å². The topological polar surface area (TPSA) is 59.3 Å². The van der Waals surface area contributed by atoms with Crippen molar-refractivity contribution in [1.29, 1.82) is 5.26 Å². The molecule has 0 amide bonds. The van der Waals surface area contributed by atoms with Gasteiger partial charge in [0.1, 0.15) is 6.07 Å². The number of allylic oxidation sites excluding steroid dienone is 1. The fourth-order valence-electron chi connectivity index (χ4n) is 0.417. The molecular weight excluding hydrogens is 158 g/mol. The van der Waals surface area contributed by atoms with Crippen molar-refractivity contribution < 1.29 is 14.3 Å². The van der Waals surface area contributed by atoms with E-state index in [1.54, 1.807) is 19.1 Å². The number of ether oxygens (including phenoxy) is 2. The van der Waals surface area contributed by atoms with Crippen molar-refractivity contribution in [2.75, 3.05) is 7.11 Å². The summed E-state index contributed by atoms with van der Waals surface area (Å²) in [5, 5.41) is 8.56. The van der Waals surface area contributed by atoms with E-state index < -0.39 is 11.6 Å². The number of carbonyl (C=O) groups excluding carboxylic acids is 1. The van der Waals surface area contributed by atoms with Gasteiger partial charge in [-0.3, -0.25) is 0 Å². The van der Waals surface area contributed by atoms with Crippen LogP contribution in [0.1, 0.15) is 13.8 Å². The molecule has 0 aromatic rings. The van der Waals surface area contributed by atoms with Crippen molar-refractivity contribution in [3.05, 3.63) is 12.3 Å². The van der Waals surface area contributed by atoms with Gasteiger partial charge in [-0.2, -0.15) is 5.26 Å². The maximum atomic E-state index is 11.1. The van der Waals surface area contributed by atoms with Gasteiger partial charge >= 0.3 is 5.97 Å². The molecule has 0 N–H and O–H groups in total. The Kier molecular flexibility index (Phi) is 4.02. The number of hydrogen-bond acceptors (Lipinski definition) is 4. The Morgan fingerprint density at radius 1 is 1.67 bits per heavy atom. The lowest BCUT2D eigenvalue weighted by Gasteiger charge is -2.15. The molecule has 4 heteroatoms. The van der Waals surface area contributed by atoms with Gasteiger partial charge in [0.25, 0.3) is 0 Å². The number of nitriles is 1. The van der Waals surface area contributed by atoms with E-state index in [0.717, 1.165) is 0 Å². The Morgan fingerprint density at radius 3 is 2.58 bits per heavy atom. The summed E-state index contributed by atoms with van der Waals surface area (Å²) in [6.45, 7) is 3.04. The van der Waals surface area contributed by atoms with Crippen LogP contribution in [0.25, 0.3) is 0 Å². The molecule has 0 spiro atoms. The van der Waals surface area contributed by atoms with Crippen LogP contribution in [-0.4, -0.2) is 18.7 Å². The fraction of sp³-hybridized carbons (Fsp3) is 0.500. The number of hydrogen-bond donors (Lipinski definition) is 0. The largest absolute Gasteiger partial charge is 0.432 e. The number of carbonyl (C=O) groups is 1. The molecule has 0 aliphatic carbocycles. The molecule has 66 valence electrons. The van der Waals surface area contributed by atoms with Gasteiger partial charge in [0.2, 0.25) is 5.60 Å². The summed E-state index contributed by atoms with van der Waals surface area (Å²) in [6, 6.07) is 1.71. The van der Waals surface area contributed by atoms with Crippen molar-refractivity contribution in [2.45, 2.75) is 19.4 Å². The van der Waals surface area contributed by atoms with Crippen LogP contribution in [-0.2, 0) is 14.3 Å². The van der Waals surface area contributed by atoms with E-state index >= 15 is 0 Å². The van der Waals surface area contributed by atoms with Crippen molar-refractivity contribution >= 4 is 5.97 Å². The van der Waals surface area contributed by atoms with Gasteiger partial charge in [-0.05, 0) is 13.8 Å². The van der Waals surface area contributed by atoms with Crippen molar-refractivity contribution in [1.82, 2.24) is 0 Å². The molecule has 0 saturated heterocycles. The van der Waals surface area contributed by atoms with Crippen LogP contribution in [0.5, 0.6) is 0 Å². The molecule has 0 aliphatic heterocycles. The zero-order valence-corrected chi connectivity index (χ0v) is 7.33. The predicted molar refractivity (Wildman–Crippen MR) is 41.9 cm³/mol. The van der Waals surface area contributed by atoms with E-state index in [-0.39, 0.29) is 0 Å². The minimum Gasteiger partial charge on any atom is -0.432 e. The number of nitrogens with zero attached hydrogens (tertiary/aromatic N) is 1. The molecule has 12 heavy (non-hydrogen) atoms.